The molecule has 4 nitrogen and oxygen atoms in total. The molecule has 0 unspecified atom stereocenters. The van der Waals surface area contributed by atoms with E-state index in [1.165, 1.54) is 0 Å². The van der Waals surface area contributed by atoms with Crippen molar-refractivity contribution >= 4 is 6.29 Å². The summed E-state index contributed by atoms with van der Waals surface area (Å²) in [5, 5.41) is 0. The lowest BCUT2D eigenvalue weighted by molar-refractivity contribution is 0.112. The average Bonchev–Trinajstić information content (AvgIpc) is 2.40. The molecule has 0 fully saturated rings. The molecular formula is C14H20O4. The van der Waals surface area contributed by atoms with Crippen molar-refractivity contribution in [3.05, 3.63) is 23.8 Å². The first-order valence-electron chi connectivity index (χ1n) is 6.24. The lowest BCUT2D eigenvalue weighted by atomic mass is 10.2. The molecule has 0 N–H and O–H groups in total. The fraction of sp³-hybridized carbons (Fsp3) is 0.500. The smallest absolute Gasteiger partial charge is 0.161 e. The maximum atomic E-state index is 10.7. The van der Waals surface area contributed by atoms with Crippen LogP contribution >= 0.6 is 0 Å². The number of ether oxygens (including phenoxy) is 3. The molecule has 100 valence electrons. The van der Waals surface area contributed by atoms with Crippen molar-refractivity contribution < 1.29 is 19.0 Å². The number of benzene rings is 1. The SMILES string of the molecule is CCOCCCOc1ccc(C=O)cc1OCC. The summed E-state index contributed by atoms with van der Waals surface area (Å²) in [5.41, 5.74) is 0.583. The van der Waals surface area contributed by atoms with Gasteiger partial charge in [-0.15, -0.1) is 0 Å². The van der Waals surface area contributed by atoms with Crippen LogP contribution in [0.5, 0.6) is 11.5 Å². The fourth-order valence-electron chi connectivity index (χ4n) is 1.47. The number of rotatable bonds is 9. The van der Waals surface area contributed by atoms with Crippen LogP contribution in [0.2, 0.25) is 0 Å². The van der Waals surface area contributed by atoms with Crippen molar-refractivity contribution in [2.75, 3.05) is 26.4 Å². The lowest BCUT2D eigenvalue weighted by Gasteiger charge is -2.12. The summed E-state index contributed by atoms with van der Waals surface area (Å²) in [6, 6.07) is 5.16. The third-order valence-corrected chi connectivity index (χ3v) is 2.30. The Kier molecular flexibility index (Phi) is 6.87. The summed E-state index contributed by atoms with van der Waals surface area (Å²) in [7, 11) is 0. The second kappa shape index (κ2) is 8.53. The molecule has 1 aromatic carbocycles. The molecule has 0 radical (unpaired) electrons. The Bertz CT molecular complexity index is 363. The van der Waals surface area contributed by atoms with Gasteiger partial charge in [0.2, 0.25) is 0 Å². The summed E-state index contributed by atoms with van der Waals surface area (Å²) in [5.74, 6) is 1.28. The van der Waals surface area contributed by atoms with Gasteiger partial charge in [-0.25, -0.2) is 0 Å². The zero-order chi connectivity index (χ0) is 13.2. The van der Waals surface area contributed by atoms with Crippen molar-refractivity contribution in [2.24, 2.45) is 0 Å². The first kappa shape index (κ1) is 14.5. The molecule has 0 saturated heterocycles. The second-order valence-corrected chi connectivity index (χ2v) is 3.66. The van der Waals surface area contributed by atoms with Crippen LogP contribution in [0, 0.1) is 0 Å². The van der Waals surface area contributed by atoms with Gasteiger partial charge < -0.3 is 14.2 Å². The van der Waals surface area contributed by atoms with Crippen molar-refractivity contribution in [2.45, 2.75) is 20.3 Å². The molecule has 1 aromatic rings. The van der Waals surface area contributed by atoms with Crippen molar-refractivity contribution in [1.82, 2.24) is 0 Å². The first-order chi connectivity index (χ1) is 8.81. The summed E-state index contributed by atoms with van der Waals surface area (Å²) in [4.78, 5) is 10.7. The van der Waals surface area contributed by atoms with Crippen LogP contribution in [0.3, 0.4) is 0 Å². The minimum atomic E-state index is 0.539. The summed E-state index contributed by atoms with van der Waals surface area (Å²) >= 11 is 0. The van der Waals surface area contributed by atoms with Gasteiger partial charge in [0.05, 0.1) is 13.2 Å². The Morgan fingerprint density at radius 3 is 2.56 bits per heavy atom. The number of aldehydes is 1. The molecule has 0 heterocycles. The number of carbonyl (C=O) groups is 1. The largest absolute Gasteiger partial charge is 0.490 e. The first-order valence-corrected chi connectivity index (χ1v) is 6.24. The van der Waals surface area contributed by atoms with E-state index < -0.39 is 0 Å². The van der Waals surface area contributed by atoms with Gasteiger partial charge in [0.25, 0.3) is 0 Å². The Morgan fingerprint density at radius 2 is 1.89 bits per heavy atom. The lowest BCUT2D eigenvalue weighted by Crippen LogP contribution is -2.04. The molecule has 4 heteroatoms. The fourth-order valence-corrected chi connectivity index (χ4v) is 1.47. The maximum absolute atomic E-state index is 10.7. The molecule has 0 aliphatic heterocycles. The normalized spacial score (nSPS) is 10.1. The third-order valence-electron chi connectivity index (χ3n) is 2.30. The van der Waals surface area contributed by atoms with E-state index in [-0.39, 0.29) is 0 Å². The van der Waals surface area contributed by atoms with Gasteiger partial charge in [-0.05, 0) is 32.0 Å². The van der Waals surface area contributed by atoms with Gasteiger partial charge in [-0.3, -0.25) is 4.79 Å². The minimum absolute atomic E-state index is 0.539. The molecule has 0 saturated carbocycles. The Balaban J connectivity index is 2.54. The van der Waals surface area contributed by atoms with E-state index in [1.807, 2.05) is 13.8 Å². The van der Waals surface area contributed by atoms with E-state index >= 15 is 0 Å². The predicted octanol–water partition coefficient (Wildman–Crippen LogP) is 2.70. The molecule has 0 aromatic heterocycles. The molecule has 0 atom stereocenters. The van der Waals surface area contributed by atoms with Crippen LogP contribution in [0.4, 0.5) is 0 Å². The molecule has 18 heavy (non-hydrogen) atoms. The van der Waals surface area contributed by atoms with Gasteiger partial charge in [0.1, 0.15) is 6.29 Å². The Morgan fingerprint density at radius 1 is 1.06 bits per heavy atom. The third kappa shape index (κ3) is 4.75. The zero-order valence-electron chi connectivity index (χ0n) is 11.0. The summed E-state index contributed by atoms with van der Waals surface area (Å²) < 4.78 is 16.3. The standard InChI is InChI=1S/C14H20O4/c1-3-16-8-5-9-18-13-7-6-12(11-15)10-14(13)17-4-2/h6-7,10-11H,3-5,8-9H2,1-2H3. The van der Waals surface area contributed by atoms with Gasteiger partial charge in [-0.2, -0.15) is 0 Å². The number of hydrogen-bond acceptors (Lipinski definition) is 4. The van der Waals surface area contributed by atoms with Crippen molar-refractivity contribution in [3.8, 4) is 11.5 Å². The summed E-state index contributed by atoms with van der Waals surface area (Å²) in [6.07, 6.45) is 1.62. The predicted molar refractivity (Wildman–Crippen MR) is 69.6 cm³/mol. The molecule has 1 rings (SSSR count). The topological polar surface area (TPSA) is 44.8 Å². The van der Waals surface area contributed by atoms with Crippen LogP contribution in [0.15, 0.2) is 18.2 Å². The highest BCUT2D eigenvalue weighted by atomic mass is 16.5. The number of hydrogen-bond donors (Lipinski definition) is 0. The average molecular weight is 252 g/mol. The van der Waals surface area contributed by atoms with Crippen molar-refractivity contribution in [1.29, 1.82) is 0 Å². The van der Waals surface area contributed by atoms with E-state index in [4.69, 9.17) is 14.2 Å². The highest BCUT2D eigenvalue weighted by Gasteiger charge is 2.06. The highest BCUT2D eigenvalue weighted by molar-refractivity contribution is 5.76. The van der Waals surface area contributed by atoms with Crippen LogP contribution in [-0.2, 0) is 4.74 Å². The molecule has 0 bridgehead atoms. The van der Waals surface area contributed by atoms with Gasteiger partial charge in [0, 0.05) is 25.2 Å². The zero-order valence-corrected chi connectivity index (χ0v) is 11.0. The van der Waals surface area contributed by atoms with Crippen LogP contribution < -0.4 is 9.47 Å². The Labute approximate surface area is 108 Å². The van der Waals surface area contributed by atoms with E-state index in [0.717, 1.165) is 19.3 Å². The van der Waals surface area contributed by atoms with Gasteiger partial charge >= 0.3 is 0 Å². The van der Waals surface area contributed by atoms with E-state index in [0.29, 0.717) is 36.9 Å². The minimum Gasteiger partial charge on any atom is -0.490 e. The van der Waals surface area contributed by atoms with Gasteiger partial charge in [-0.1, -0.05) is 0 Å². The second-order valence-electron chi connectivity index (χ2n) is 3.66. The molecule has 0 amide bonds. The molecule has 0 spiro atoms. The monoisotopic (exact) mass is 252 g/mol. The maximum Gasteiger partial charge on any atom is 0.161 e. The van der Waals surface area contributed by atoms with E-state index in [9.17, 15) is 4.79 Å². The molecule has 0 aliphatic carbocycles. The number of carbonyl (C=O) groups excluding carboxylic acids is 1. The van der Waals surface area contributed by atoms with E-state index in [1.54, 1.807) is 18.2 Å². The van der Waals surface area contributed by atoms with E-state index in [2.05, 4.69) is 0 Å². The quantitative estimate of drug-likeness (QED) is 0.500. The highest BCUT2D eigenvalue weighted by Crippen LogP contribution is 2.28. The summed E-state index contributed by atoms with van der Waals surface area (Å²) in [6.45, 7) is 6.38. The van der Waals surface area contributed by atoms with Crippen LogP contribution in [0.1, 0.15) is 30.6 Å². The van der Waals surface area contributed by atoms with Crippen LogP contribution in [-0.4, -0.2) is 32.7 Å². The molecular weight excluding hydrogens is 232 g/mol. The Hall–Kier alpha value is -1.55. The van der Waals surface area contributed by atoms with Gasteiger partial charge in [0.15, 0.2) is 11.5 Å². The van der Waals surface area contributed by atoms with Crippen molar-refractivity contribution in [3.63, 3.8) is 0 Å². The van der Waals surface area contributed by atoms with Crippen LogP contribution in [0.25, 0.3) is 0 Å². The molecule has 0 aliphatic rings.